The molecule has 1 atom stereocenters. The molecule has 0 amide bonds. The molecule has 0 radical (unpaired) electrons. The van der Waals surface area contributed by atoms with Crippen molar-refractivity contribution in [3.8, 4) is 0 Å². The van der Waals surface area contributed by atoms with Gasteiger partial charge in [-0.1, -0.05) is 224 Å². The lowest BCUT2D eigenvalue weighted by Crippen LogP contribution is -2.30. The Labute approximate surface area is 385 Å². The van der Waals surface area contributed by atoms with Crippen LogP contribution < -0.4 is 0 Å². The Morgan fingerprint density at radius 3 is 0.935 bits per heavy atom. The quantitative estimate of drug-likeness (QED) is 0.0262. The topological polar surface area (TPSA) is 78.9 Å². The van der Waals surface area contributed by atoms with Gasteiger partial charge < -0.3 is 14.2 Å². The van der Waals surface area contributed by atoms with Crippen molar-refractivity contribution < 1.29 is 28.6 Å². The van der Waals surface area contributed by atoms with Crippen LogP contribution in [-0.2, 0) is 28.6 Å². The second-order valence-corrected chi connectivity index (χ2v) is 18.1. The number of ether oxygens (including phenoxy) is 3. The van der Waals surface area contributed by atoms with Gasteiger partial charge >= 0.3 is 17.9 Å². The molecule has 0 heterocycles. The van der Waals surface area contributed by atoms with Gasteiger partial charge in [0.2, 0.25) is 0 Å². The van der Waals surface area contributed by atoms with Crippen molar-refractivity contribution in [2.75, 3.05) is 13.2 Å². The molecule has 0 aromatic rings. The molecule has 0 fully saturated rings. The summed E-state index contributed by atoms with van der Waals surface area (Å²) in [6, 6.07) is 0. The second kappa shape index (κ2) is 51.3. The molecule has 62 heavy (non-hydrogen) atoms. The highest BCUT2D eigenvalue weighted by atomic mass is 16.6. The SMILES string of the molecule is CCCCC/C=C\C/C=C\CCCCCCCCCC(=O)OC(COC(=O)CCCCCCCCCC)COC(=O)CCCCCCCCCCC/C=C\CCCCCCCC. The lowest BCUT2D eigenvalue weighted by molar-refractivity contribution is -0.167. The van der Waals surface area contributed by atoms with E-state index >= 15 is 0 Å². The first kappa shape index (κ1) is 59.6. The number of carbonyl (C=O) groups excluding carboxylic acids is 3. The van der Waals surface area contributed by atoms with Crippen molar-refractivity contribution in [3.63, 3.8) is 0 Å². The second-order valence-electron chi connectivity index (χ2n) is 18.1. The Balaban J connectivity index is 4.26. The van der Waals surface area contributed by atoms with Crippen molar-refractivity contribution >= 4 is 17.9 Å². The molecule has 0 bridgehead atoms. The summed E-state index contributed by atoms with van der Waals surface area (Å²) in [5.41, 5.74) is 0. The third-order valence-electron chi connectivity index (χ3n) is 11.9. The molecular weight excluding hydrogens is 769 g/mol. The zero-order valence-electron chi connectivity index (χ0n) is 41.4. The average Bonchev–Trinajstić information content (AvgIpc) is 3.27. The van der Waals surface area contributed by atoms with Gasteiger partial charge in [0.15, 0.2) is 6.10 Å². The van der Waals surface area contributed by atoms with Crippen LogP contribution in [0.2, 0.25) is 0 Å². The van der Waals surface area contributed by atoms with Gasteiger partial charge in [0.1, 0.15) is 13.2 Å². The Hall–Kier alpha value is -2.37. The predicted octanol–water partition coefficient (Wildman–Crippen LogP) is 17.7. The van der Waals surface area contributed by atoms with Gasteiger partial charge in [0.05, 0.1) is 0 Å². The van der Waals surface area contributed by atoms with Gasteiger partial charge in [-0.25, -0.2) is 0 Å². The van der Waals surface area contributed by atoms with Crippen LogP contribution in [0.5, 0.6) is 0 Å². The standard InChI is InChI=1S/C56H102O6/c1-4-7-10-13-16-19-21-23-25-27-28-30-31-33-35-37-40-43-46-49-55(58)61-52-53(51-60-54(57)48-45-42-39-18-15-12-9-6-3)62-56(59)50-47-44-41-38-36-34-32-29-26-24-22-20-17-14-11-8-5-2/h17,20,23-26,53H,4-16,18-19,21-22,27-52H2,1-3H3/b20-17-,25-23-,26-24-. The molecule has 0 aliphatic heterocycles. The van der Waals surface area contributed by atoms with Gasteiger partial charge in [0, 0.05) is 19.3 Å². The number of hydrogen-bond acceptors (Lipinski definition) is 6. The summed E-state index contributed by atoms with van der Waals surface area (Å²) in [6.07, 6.45) is 59.9. The summed E-state index contributed by atoms with van der Waals surface area (Å²) >= 11 is 0. The number of allylic oxidation sites excluding steroid dienone is 6. The summed E-state index contributed by atoms with van der Waals surface area (Å²) in [5.74, 6) is -0.877. The maximum Gasteiger partial charge on any atom is 0.306 e. The van der Waals surface area contributed by atoms with Gasteiger partial charge in [-0.15, -0.1) is 0 Å². The minimum Gasteiger partial charge on any atom is -0.462 e. The van der Waals surface area contributed by atoms with Crippen molar-refractivity contribution in [2.24, 2.45) is 0 Å². The number of carbonyl (C=O) groups is 3. The Morgan fingerprint density at radius 2 is 0.581 bits per heavy atom. The summed E-state index contributed by atoms with van der Waals surface area (Å²) in [7, 11) is 0. The van der Waals surface area contributed by atoms with Crippen LogP contribution in [0.3, 0.4) is 0 Å². The van der Waals surface area contributed by atoms with E-state index in [-0.39, 0.29) is 31.1 Å². The predicted molar refractivity (Wildman–Crippen MR) is 266 cm³/mol. The van der Waals surface area contributed by atoms with E-state index in [1.54, 1.807) is 0 Å². The van der Waals surface area contributed by atoms with Crippen LogP contribution >= 0.6 is 0 Å². The fraction of sp³-hybridized carbons (Fsp3) is 0.839. The Bertz CT molecular complexity index is 1050. The molecule has 362 valence electrons. The Kier molecular flexibility index (Phi) is 49.3. The first-order valence-electron chi connectivity index (χ1n) is 27.0. The van der Waals surface area contributed by atoms with E-state index in [9.17, 15) is 14.4 Å². The summed E-state index contributed by atoms with van der Waals surface area (Å²) in [6.45, 7) is 6.60. The molecule has 0 saturated carbocycles. The number of esters is 3. The van der Waals surface area contributed by atoms with Gasteiger partial charge in [-0.2, -0.15) is 0 Å². The van der Waals surface area contributed by atoms with E-state index < -0.39 is 6.10 Å². The number of rotatable bonds is 49. The Morgan fingerprint density at radius 1 is 0.323 bits per heavy atom. The maximum absolute atomic E-state index is 12.8. The first-order chi connectivity index (χ1) is 30.5. The lowest BCUT2D eigenvalue weighted by atomic mass is 10.1. The minimum absolute atomic E-state index is 0.0736. The third kappa shape index (κ3) is 48.7. The van der Waals surface area contributed by atoms with Crippen molar-refractivity contribution in [2.45, 2.75) is 290 Å². The van der Waals surface area contributed by atoms with E-state index in [0.717, 1.165) is 70.6 Å². The molecule has 0 aromatic heterocycles. The molecule has 0 N–H and O–H groups in total. The van der Waals surface area contributed by atoms with E-state index in [1.165, 1.54) is 173 Å². The molecule has 0 aromatic carbocycles. The molecule has 0 saturated heterocycles. The van der Waals surface area contributed by atoms with Crippen molar-refractivity contribution in [1.29, 1.82) is 0 Å². The van der Waals surface area contributed by atoms with Crippen LogP contribution in [0.25, 0.3) is 0 Å². The highest BCUT2D eigenvalue weighted by Gasteiger charge is 2.19. The van der Waals surface area contributed by atoms with Crippen molar-refractivity contribution in [3.05, 3.63) is 36.5 Å². The molecule has 0 aliphatic rings. The highest BCUT2D eigenvalue weighted by molar-refractivity contribution is 5.71. The van der Waals surface area contributed by atoms with Crippen LogP contribution in [0.1, 0.15) is 284 Å². The van der Waals surface area contributed by atoms with Crippen LogP contribution in [0.15, 0.2) is 36.5 Å². The summed E-state index contributed by atoms with van der Waals surface area (Å²) < 4.78 is 16.8. The lowest BCUT2D eigenvalue weighted by Gasteiger charge is -2.18. The van der Waals surface area contributed by atoms with E-state index in [4.69, 9.17) is 14.2 Å². The first-order valence-corrected chi connectivity index (χ1v) is 27.0. The van der Waals surface area contributed by atoms with Gasteiger partial charge in [-0.05, 0) is 77.0 Å². The molecule has 1 unspecified atom stereocenters. The van der Waals surface area contributed by atoms with Crippen LogP contribution in [0.4, 0.5) is 0 Å². The molecule has 6 heteroatoms. The van der Waals surface area contributed by atoms with Crippen LogP contribution in [-0.4, -0.2) is 37.2 Å². The van der Waals surface area contributed by atoms with E-state index in [2.05, 4.69) is 57.2 Å². The zero-order chi connectivity index (χ0) is 45.1. The molecular formula is C56H102O6. The fourth-order valence-corrected chi connectivity index (χ4v) is 7.76. The smallest absolute Gasteiger partial charge is 0.306 e. The van der Waals surface area contributed by atoms with Crippen molar-refractivity contribution in [1.82, 2.24) is 0 Å². The van der Waals surface area contributed by atoms with E-state index in [1.807, 2.05) is 0 Å². The summed E-state index contributed by atoms with van der Waals surface area (Å²) in [5, 5.41) is 0. The molecule has 0 spiro atoms. The molecule has 0 aliphatic carbocycles. The maximum atomic E-state index is 12.8. The van der Waals surface area contributed by atoms with Gasteiger partial charge in [-0.3, -0.25) is 14.4 Å². The molecule has 0 rings (SSSR count). The highest BCUT2D eigenvalue weighted by Crippen LogP contribution is 2.15. The van der Waals surface area contributed by atoms with Gasteiger partial charge in [0.25, 0.3) is 0 Å². The summed E-state index contributed by atoms with van der Waals surface area (Å²) in [4.78, 5) is 37.9. The molecule has 6 nitrogen and oxygen atoms in total. The average molecular weight is 871 g/mol. The van der Waals surface area contributed by atoms with E-state index in [0.29, 0.717) is 19.3 Å². The van der Waals surface area contributed by atoms with Crippen LogP contribution in [0, 0.1) is 0 Å². The largest absolute Gasteiger partial charge is 0.462 e. The fourth-order valence-electron chi connectivity index (χ4n) is 7.76. The monoisotopic (exact) mass is 871 g/mol. The number of hydrogen-bond donors (Lipinski definition) is 0. The zero-order valence-corrected chi connectivity index (χ0v) is 41.4. The minimum atomic E-state index is -0.772. The normalized spacial score (nSPS) is 12.2. The number of unbranched alkanes of at least 4 members (excludes halogenated alkanes) is 32. The third-order valence-corrected chi connectivity index (χ3v) is 11.9.